The van der Waals surface area contributed by atoms with Crippen molar-refractivity contribution in [2.45, 2.75) is 57.1 Å². The van der Waals surface area contributed by atoms with Gasteiger partial charge in [0.1, 0.15) is 5.75 Å². The number of para-hydroxylation sites is 1. The number of hydrogen-bond donors (Lipinski definition) is 3. The van der Waals surface area contributed by atoms with Gasteiger partial charge in [-0.2, -0.15) is 0 Å². The number of hydrogen-bond acceptors (Lipinski definition) is 7. The normalized spacial score (nSPS) is 20.9. The van der Waals surface area contributed by atoms with Crippen LogP contribution in [0.2, 0.25) is 0 Å². The lowest BCUT2D eigenvalue weighted by Crippen LogP contribution is -2.51. The largest absolute Gasteiger partial charge is 0.506 e. The maximum atomic E-state index is 14.1. The van der Waals surface area contributed by atoms with E-state index in [0.29, 0.717) is 86.0 Å². The van der Waals surface area contributed by atoms with Gasteiger partial charge in [-0.15, -0.1) is 0 Å². The van der Waals surface area contributed by atoms with E-state index in [9.17, 15) is 29.1 Å². The van der Waals surface area contributed by atoms with Crippen LogP contribution in [0.25, 0.3) is 0 Å². The van der Waals surface area contributed by atoms with E-state index in [2.05, 4.69) is 37.2 Å². The number of aromatic hydroxyl groups is 1. The third-order valence-electron chi connectivity index (χ3n) is 10.5. The summed E-state index contributed by atoms with van der Waals surface area (Å²) in [6.07, 6.45) is 2.42. The van der Waals surface area contributed by atoms with Crippen molar-refractivity contribution in [1.82, 2.24) is 19.6 Å². The molecule has 0 radical (unpaired) electrons. The lowest BCUT2D eigenvalue weighted by atomic mass is 9.84. The molecule has 2 aromatic carbocycles. The molecule has 3 saturated heterocycles. The van der Waals surface area contributed by atoms with Gasteiger partial charge in [0.2, 0.25) is 0 Å². The van der Waals surface area contributed by atoms with Crippen LogP contribution in [0, 0.1) is 11.8 Å². The van der Waals surface area contributed by atoms with Gasteiger partial charge < -0.3 is 39.9 Å². The molecule has 2 atom stereocenters. The molecule has 0 bridgehead atoms. The molecule has 4 aliphatic rings. The Morgan fingerprint density at radius 2 is 1.48 bits per heavy atom. The van der Waals surface area contributed by atoms with Crippen molar-refractivity contribution >= 4 is 67.5 Å². The molecule has 0 aromatic heterocycles. The van der Waals surface area contributed by atoms with Gasteiger partial charge in [0.25, 0.3) is 5.91 Å². The average molecular weight is 820 g/mol. The Bertz CT molecular complexity index is 1620. The minimum atomic E-state index is -1.45. The zero-order valence-electron chi connectivity index (χ0n) is 27.6. The molecule has 4 heterocycles. The van der Waals surface area contributed by atoms with E-state index in [1.165, 1.54) is 4.90 Å². The summed E-state index contributed by atoms with van der Waals surface area (Å²) in [5, 5.41) is 22.3. The van der Waals surface area contributed by atoms with Gasteiger partial charge in [0, 0.05) is 64.0 Å². The second-order valence-corrected chi connectivity index (χ2v) is 15.2. The Morgan fingerprint density at radius 1 is 0.860 bits per heavy atom. The highest BCUT2D eigenvalue weighted by Gasteiger charge is 2.39. The first-order valence-electron chi connectivity index (χ1n) is 17.1. The number of halogens is 2. The third-order valence-corrected chi connectivity index (χ3v) is 11.7. The Hall–Kier alpha value is -3.85. The van der Waals surface area contributed by atoms with Crippen LogP contribution < -0.4 is 5.32 Å². The molecule has 15 heteroatoms. The SMILES string of the molecule is O=C(O)C(=O)N1CCC(C2CCN(C(=O)[C@@H](Cc3cc(Br)c(O)c(Br)c3)OC(=O)N3CCC(N4CCc5ccccc5NC4=O)CC3)C2)CC1. The van der Waals surface area contributed by atoms with Gasteiger partial charge in [-0.1, -0.05) is 18.2 Å². The molecule has 0 aliphatic carbocycles. The first kappa shape index (κ1) is 36.0. The Kier molecular flexibility index (Phi) is 11.2. The summed E-state index contributed by atoms with van der Waals surface area (Å²) >= 11 is 6.70. The van der Waals surface area contributed by atoms with E-state index in [1.54, 1.807) is 21.9 Å². The molecular weight excluding hydrogens is 778 g/mol. The van der Waals surface area contributed by atoms with Gasteiger partial charge >= 0.3 is 24.0 Å². The zero-order chi connectivity index (χ0) is 35.5. The molecule has 2 aromatic rings. The molecule has 3 N–H and O–H groups in total. The van der Waals surface area contributed by atoms with Crippen molar-refractivity contribution in [2.75, 3.05) is 51.1 Å². The van der Waals surface area contributed by atoms with E-state index >= 15 is 0 Å². The van der Waals surface area contributed by atoms with Gasteiger partial charge in [-0.3, -0.25) is 9.59 Å². The van der Waals surface area contributed by atoms with Gasteiger partial charge in [-0.05, 0) is 112 Å². The first-order valence-corrected chi connectivity index (χ1v) is 18.7. The second kappa shape index (κ2) is 15.6. The molecule has 3 fully saturated rings. The predicted octanol–water partition coefficient (Wildman–Crippen LogP) is 4.69. The van der Waals surface area contributed by atoms with Crippen LogP contribution in [0.4, 0.5) is 15.3 Å². The summed E-state index contributed by atoms with van der Waals surface area (Å²) in [6, 6.07) is 11.0. The molecule has 50 heavy (non-hydrogen) atoms. The predicted molar refractivity (Wildman–Crippen MR) is 190 cm³/mol. The van der Waals surface area contributed by atoms with Crippen LogP contribution >= 0.6 is 31.9 Å². The van der Waals surface area contributed by atoms with Gasteiger partial charge in [-0.25, -0.2) is 14.4 Å². The number of nitrogens with zero attached hydrogens (tertiary/aromatic N) is 4. The van der Waals surface area contributed by atoms with Gasteiger partial charge in [0.15, 0.2) is 6.10 Å². The molecule has 5 amide bonds. The minimum absolute atomic E-state index is 0.0250. The number of aliphatic carboxylic acids is 1. The fourth-order valence-electron chi connectivity index (χ4n) is 7.71. The number of ether oxygens (including phenoxy) is 1. The van der Waals surface area contributed by atoms with E-state index < -0.39 is 24.1 Å². The Morgan fingerprint density at radius 3 is 2.16 bits per heavy atom. The number of phenolic OH excluding ortho intramolecular Hbond substituents is 1. The monoisotopic (exact) mass is 817 g/mol. The van der Waals surface area contributed by atoms with Crippen LogP contribution in [-0.4, -0.2) is 118 Å². The van der Waals surface area contributed by atoms with Gasteiger partial charge in [0.05, 0.1) is 8.95 Å². The molecule has 268 valence electrons. The summed E-state index contributed by atoms with van der Waals surface area (Å²) in [6.45, 7) is 3.08. The molecule has 0 saturated carbocycles. The highest BCUT2D eigenvalue weighted by Crippen LogP contribution is 2.35. The van der Waals surface area contributed by atoms with E-state index in [-0.39, 0.29) is 42.0 Å². The Balaban J connectivity index is 1.08. The number of phenols is 1. The minimum Gasteiger partial charge on any atom is -0.506 e. The Labute approximate surface area is 307 Å². The van der Waals surface area contributed by atoms with Crippen LogP contribution in [-0.2, 0) is 32.0 Å². The quantitative estimate of drug-likeness (QED) is 0.354. The number of piperidine rings is 2. The maximum Gasteiger partial charge on any atom is 0.410 e. The van der Waals surface area contributed by atoms with E-state index in [4.69, 9.17) is 9.84 Å². The van der Waals surface area contributed by atoms with Crippen molar-refractivity contribution < 1.29 is 38.9 Å². The van der Waals surface area contributed by atoms with Crippen LogP contribution in [0.1, 0.15) is 43.2 Å². The molecule has 1 unspecified atom stereocenters. The van der Waals surface area contributed by atoms with Crippen LogP contribution in [0.3, 0.4) is 0 Å². The summed E-state index contributed by atoms with van der Waals surface area (Å²) in [4.78, 5) is 70.3. The molecule has 13 nitrogen and oxygen atoms in total. The van der Waals surface area contributed by atoms with Crippen molar-refractivity contribution in [3.8, 4) is 5.75 Å². The molecular formula is C35H41Br2N5O8. The maximum absolute atomic E-state index is 14.1. The number of carboxylic acid groups (broad SMARTS) is 1. The van der Waals surface area contributed by atoms with Crippen molar-refractivity contribution in [3.05, 3.63) is 56.5 Å². The number of nitrogens with one attached hydrogen (secondary N) is 1. The zero-order valence-corrected chi connectivity index (χ0v) is 30.7. The number of rotatable bonds is 6. The summed E-state index contributed by atoms with van der Waals surface area (Å²) in [7, 11) is 0. The highest BCUT2D eigenvalue weighted by atomic mass is 79.9. The average Bonchev–Trinajstić information content (AvgIpc) is 3.54. The van der Waals surface area contributed by atoms with E-state index in [0.717, 1.165) is 24.1 Å². The van der Waals surface area contributed by atoms with E-state index in [1.807, 2.05) is 29.2 Å². The number of benzene rings is 2. The van der Waals surface area contributed by atoms with Crippen LogP contribution in [0.15, 0.2) is 45.3 Å². The van der Waals surface area contributed by atoms with Crippen LogP contribution in [0.5, 0.6) is 5.75 Å². The lowest BCUT2D eigenvalue weighted by Gasteiger charge is -2.38. The number of urea groups is 1. The number of carbonyl (C=O) groups is 5. The fourth-order valence-corrected chi connectivity index (χ4v) is 8.99. The molecule has 4 aliphatic heterocycles. The third kappa shape index (κ3) is 8.03. The number of likely N-dealkylation sites (tertiary alicyclic amines) is 3. The summed E-state index contributed by atoms with van der Waals surface area (Å²) in [5.74, 6) is -2.16. The summed E-state index contributed by atoms with van der Waals surface area (Å²) < 4.78 is 6.88. The second-order valence-electron chi connectivity index (χ2n) is 13.5. The number of amides is 5. The van der Waals surface area contributed by atoms with Crippen molar-refractivity contribution in [1.29, 1.82) is 0 Å². The molecule has 0 spiro atoms. The van der Waals surface area contributed by atoms with Crippen molar-refractivity contribution in [3.63, 3.8) is 0 Å². The lowest BCUT2D eigenvalue weighted by molar-refractivity contribution is -0.156. The smallest absolute Gasteiger partial charge is 0.410 e. The number of anilines is 1. The highest BCUT2D eigenvalue weighted by molar-refractivity contribution is 9.11. The topological polar surface area (TPSA) is 160 Å². The number of carbonyl (C=O) groups excluding carboxylic acids is 4. The fraction of sp³-hybridized carbons (Fsp3) is 0.514. The van der Waals surface area contributed by atoms with Crippen molar-refractivity contribution in [2.24, 2.45) is 11.8 Å². The summed E-state index contributed by atoms with van der Waals surface area (Å²) in [5.41, 5.74) is 2.60. The number of fused-ring (bicyclic) bond motifs is 1. The first-order chi connectivity index (χ1) is 24.0. The number of carboxylic acids is 1. The standard InChI is InChI=1S/C35H41Br2N5O8/c36-26-17-21(18-27(37)30(26)43)19-29(31(44)41-13-7-24(20-41)22-5-11-39(12-6-22)32(45)33(46)47)50-35(49)40-14-9-25(10-15-40)42-16-8-23-3-1-2-4-28(23)38-34(42)48/h1-4,17-18,22,24-25,29,43H,5-16,19-20H2,(H,38,48)(H,46,47)/t24?,29-/m1/s1. The molecule has 6 rings (SSSR count).